The number of rotatable bonds is 2. The second kappa shape index (κ2) is 4.94. The molecule has 0 spiro atoms. The molecule has 3 heteroatoms. The molecule has 17 heavy (non-hydrogen) atoms. The van der Waals surface area contributed by atoms with Crippen molar-refractivity contribution in [2.45, 2.75) is 46.1 Å². The Morgan fingerprint density at radius 2 is 2.12 bits per heavy atom. The molecule has 0 aromatic carbocycles. The molecular formula is C14H23N3. The maximum atomic E-state index is 5.78. The summed E-state index contributed by atoms with van der Waals surface area (Å²) in [7, 11) is 0. The van der Waals surface area contributed by atoms with E-state index < -0.39 is 0 Å². The van der Waals surface area contributed by atoms with Gasteiger partial charge in [-0.25, -0.2) is 4.98 Å². The summed E-state index contributed by atoms with van der Waals surface area (Å²) in [6, 6.07) is 2.60. The summed E-state index contributed by atoms with van der Waals surface area (Å²) in [5, 5.41) is 3.55. The van der Waals surface area contributed by atoms with E-state index in [1.165, 1.54) is 19.3 Å². The number of nitrogen functional groups attached to an aromatic ring is 1. The van der Waals surface area contributed by atoms with E-state index in [2.05, 4.69) is 24.1 Å². The fourth-order valence-electron chi connectivity index (χ4n) is 2.72. The first-order valence-electron chi connectivity index (χ1n) is 6.55. The van der Waals surface area contributed by atoms with Gasteiger partial charge >= 0.3 is 0 Å². The number of aryl methyl sites for hydroxylation is 1. The Morgan fingerprint density at radius 1 is 1.35 bits per heavy atom. The zero-order valence-electron chi connectivity index (χ0n) is 11.0. The van der Waals surface area contributed by atoms with Crippen LogP contribution in [0.1, 0.15) is 38.7 Å². The standard InChI is InChI=1S/C14H23N3/c1-9-4-5-13(11(3)6-9)17-14-7-10(2)12(15)8-16-14/h7-9,11,13H,4-6,15H2,1-3H3,(H,16,17). The molecule has 0 aliphatic heterocycles. The minimum absolute atomic E-state index is 0.557. The number of anilines is 2. The van der Waals surface area contributed by atoms with Crippen molar-refractivity contribution < 1.29 is 0 Å². The van der Waals surface area contributed by atoms with Gasteiger partial charge in [0.1, 0.15) is 5.82 Å². The summed E-state index contributed by atoms with van der Waals surface area (Å²) in [6.07, 6.45) is 5.61. The van der Waals surface area contributed by atoms with E-state index in [0.29, 0.717) is 6.04 Å². The molecule has 3 N–H and O–H groups in total. The zero-order valence-corrected chi connectivity index (χ0v) is 11.0. The number of hydrogen-bond acceptors (Lipinski definition) is 3. The van der Waals surface area contributed by atoms with Crippen LogP contribution >= 0.6 is 0 Å². The lowest BCUT2D eigenvalue weighted by molar-refractivity contribution is 0.276. The van der Waals surface area contributed by atoms with E-state index >= 15 is 0 Å². The first-order valence-corrected chi connectivity index (χ1v) is 6.55. The second-order valence-electron chi connectivity index (χ2n) is 5.57. The molecule has 3 nitrogen and oxygen atoms in total. The highest BCUT2D eigenvalue weighted by Crippen LogP contribution is 2.30. The molecule has 1 aliphatic carbocycles. The van der Waals surface area contributed by atoms with Crippen LogP contribution in [-0.2, 0) is 0 Å². The predicted molar refractivity (Wildman–Crippen MR) is 73.0 cm³/mol. The molecule has 3 atom stereocenters. The van der Waals surface area contributed by atoms with Crippen molar-refractivity contribution in [2.75, 3.05) is 11.1 Å². The molecule has 1 aromatic heterocycles. The first kappa shape index (κ1) is 12.2. The molecule has 94 valence electrons. The number of nitrogens with one attached hydrogen (secondary N) is 1. The average molecular weight is 233 g/mol. The van der Waals surface area contributed by atoms with Gasteiger partial charge in [-0.05, 0) is 49.7 Å². The van der Waals surface area contributed by atoms with Crippen molar-refractivity contribution in [2.24, 2.45) is 11.8 Å². The minimum Gasteiger partial charge on any atom is -0.397 e. The van der Waals surface area contributed by atoms with E-state index in [9.17, 15) is 0 Å². The van der Waals surface area contributed by atoms with Crippen molar-refractivity contribution in [3.63, 3.8) is 0 Å². The van der Waals surface area contributed by atoms with Crippen molar-refractivity contribution in [3.8, 4) is 0 Å². The van der Waals surface area contributed by atoms with E-state index in [1.54, 1.807) is 6.20 Å². The van der Waals surface area contributed by atoms with Crippen LogP contribution in [0.3, 0.4) is 0 Å². The summed E-state index contributed by atoms with van der Waals surface area (Å²) in [4.78, 5) is 4.35. The Kier molecular flexibility index (Phi) is 3.55. The Labute approximate surface area is 104 Å². The van der Waals surface area contributed by atoms with Crippen LogP contribution in [0.15, 0.2) is 12.3 Å². The largest absolute Gasteiger partial charge is 0.397 e. The third-order valence-electron chi connectivity index (χ3n) is 3.92. The third-order valence-corrected chi connectivity index (χ3v) is 3.92. The summed E-state index contributed by atoms with van der Waals surface area (Å²) < 4.78 is 0. The minimum atomic E-state index is 0.557. The smallest absolute Gasteiger partial charge is 0.126 e. The van der Waals surface area contributed by atoms with E-state index in [0.717, 1.165) is 28.9 Å². The number of nitrogens with zero attached hydrogens (tertiary/aromatic N) is 1. The van der Waals surface area contributed by atoms with Gasteiger partial charge in [-0.1, -0.05) is 13.8 Å². The molecule has 2 rings (SSSR count). The first-order chi connectivity index (χ1) is 8.06. The number of nitrogens with two attached hydrogens (primary N) is 1. The zero-order chi connectivity index (χ0) is 12.4. The molecule has 1 fully saturated rings. The van der Waals surface area contributed by atoms with Crippen molar-refractivity contribution in [3.05, 3.63) is 17.8 Å². The molecule has 0 bridgehead atoms. The number of aromatic nitrogens is 1. The quantitative estimate of drug-likeness (QED) is 0.824. The van der Waals surface area contributed by atoms with Crippen molar-refractivity contribution >= 4 is 11.5 Å². The third kappa shape index (κ3) is 2.90. The molecule has 1 heterocycles. The molecule has 3 unspecified atom stereocenters. The fraction of sp³-hybridized carbons (Fsp3) is 0.643. The second-order valence-corrected chi connectivity index (χ2v) is 5.57. The Bertz CT molecular complexity index is 389. The van der Waals surface area contributed by atoms with Gasteiger partial charge in [-0.2, -0.15) is 0 Å². The maximum absolute atomic E-state index is 5.78. The Balaban J connectivity index is 2.02. The number of hydrogen-bond donors (Lipinski definition) is 2. The Hall–Kier alpha value is -1.25. The van der Waals surface area contributed by atoms with Crippen LogP contribution in [0.5, 0.6) is 0 Å². The van der Waals surface area contributed by atoms with Gasteiger partial charge in [0.15, 0.2) is 0 Å². The molecule has 0 saturated heterocycles. The van der Waals surface area contributed by atoms with Gasteiger partial charge in [0, 0.05) is 6.04 Å². The molecule has 0 radical (unpaired) electrons. The molecule has 0 amide bonds. The molecule has 1 aliphatic rings. The van der Waals surface area contributed by atoms with Gasteiger partial charge < -0.3 is 11.1 Å². The van der Waals surface area contributed by atoms with E-state index in [1.807, 2.05) is 13.0 Å². The summed E-state index contributed by atoms with van der Waals surface area (Å²) in [5.41, 5.74) is 7.64. The van der Waals surface area contributed by atoms with Crippen molar-refractivity contribution in [1.82, 2.24) is 4.98 Å². The molecule has 1 saturated carbocycles. The monoisotopic (exact) mass is 233 g/mol. The SMILES string of the molecule is Cc1cc(NC2CCC(C)CC2C)ncc1N. The Morgan fingerprint density at radius 3 is 2.76 bits per heavy atom. The molecular weight excluding hydrogens is 210 g/mol. The average Bonchev–Trinajstić information content (AvgIpc) is 2.27. The lowest BCUT2D eigenvalue weighted by atomic mass is 9.80. The lowest BCUT2D eigenvalue weighted by Gasteiger charge is -2.33. The topological polar surface area (TPSA) is 50.9 Å². The van der Waals surface area contributed by atoms with Gasteiger partial charge in [0.2, 0.25) is 0 Å². The number of pyridine rings is 1. The lowest BCUT2D eigenvalue weighted by Crippen LogP contribution is -2.33. The molecule has 1 aromatic rings. The predicted octanol–water partition coefficient (Wildman–Crippen LogP) is 3.21. The summed E-state index contributed by atoms with van der Waals surface area (Å²) in [5.74, 6) is 2.55. The van der Waals surface area contributed by atoms with Gasteiger partial charge in [0.05, 0.1) is 11.9 Å². The van der Waals surface area contributed by atoms with Gasteiger partial charge in [-0.15, -0.1) is 0 Å². The van der Waals surface area contributed by atoms with Crippen LogP contribution in [0.25, 0.3) is 0 Å². The van der Waals surface area contributed by atoms with E-state index in [4.69, 9.17) is 5.73 Å². The van der Waals surface area contributed by atoms with Crippen LogP contribution in [0.2, 0.25) is 0 Å². The fourth-order valence-corrected chi connectivity index (χ4v) is 2.72. The van der Waals surface area contributed by atoms with Crippen LogP contribution in [-0.4, -0.2) is 11.0 Å². The summed E-state index contributed by atoms with van der Waals surface area (Å²) >= 11 is 0. The normalized spacial score (nSPS) is 29.0. The highest BCUT2D eigenvalue weighted by molar-refractivity contribution is 5.51. The van der Waals surface area contributed by atoms with Crippen LogP contribution < -0.4 is 11.1 Å². The highest BCUT2D eigenvalue weighted by atomic mass is 15.0. The van der Waals surface area contributed by atoms with Crippen molar-refractivity contribution in [1.29, 1.82) is 0 Å². The summed E-state index contributed by atoms with van der Waals surface area (Å²) in [6.45, 7) is 6.70. The van der Waals surface area contributed by atoms with E-state index in [-0.39, 0.29) is 0 Å². The highest BCUT2D eigenvalue weighted by Gasteiger charge is 2.25. The maximum Gasteiger partial charge on any atom is 0.126 e. The van der Waals surface area contributed by atoms with Gasteiger partial charge in [-0.3, -0.25) is 0 Å². The van der Waals surface area contributed by atoms with Crippen LogP contribution in [0.4, 0.5) is 11.5 Å². The van der Waals surface area contributed by atoms with Gasteiger partial charge in [0.25, 0.3) is 0 Å². The van der Waals surface area contributed by atoms with Crippen LogP contribution in [0, 0.1) is 18.8 Å².